The minimum absolute atomic E-state index is 1.05. The predicted molar refractivity (Wildman–Crippen MR) is 38.2 cm³/mol. The largest absolute Gasteiger partial charge is 0.319 e. The number of hydrogen-bond acceptors (Lipinski definition) is 1. The Labute approximate surface area is 56.8 Å². The first-order valence-electron chi connectivity index (χ1n) is 4.06. The van der Waals surface area contributed by atoms with Crippen molar-refractivity contribution in [2.45, 2.75) is 19.3 Å². The molecule has 0 aromatic rings. The summed E-state index contributed by atoms with van der Waals surface area (Å²) in [6.45, 7) is 1.27. The molecule has 2 fully saturated rings. The molecule has 2 saturated carbocycles. The minimum atomic E-state index is 1.05. The summed E-state index contributed by atoms with van der Waals surface area (Å²) in [4.78, 5) is 0. The van der Waals surface area contributed by atoms with Gasteiger partial charge in [-0.15, -0.1) is 0 Å². The van der Waals surface area contributed by atoms with E-state index in [1.54, 1.807) is 0 Å². The number of nitrogens with one attached hydrogen (secondary N) is 1. The maximum atomic E-state index is 3.25. The standard InChI is InChI=1S/C8H15N/c1-9-5-7-4-6-2-3-8(6)7/h6-9H,2-5H2,1H3. The molecule has 1 heteroatoms. The van der Waals surface area contributed by atoms with Gasteiger partial charge in [0.25, 0.3) is 0 Å². The first-order valence-corrected chi connectivity index (χ1v) is 4.06. The van der Waals surface area contributed by atoms with Crippen LogP contribution in [0.1, 0.15) is 19.3 Å². The van der Waals surface area contributed by atoms with Crippen LogP contribution in [-0.4, -0.2) is 13.6 Å². The highest BCUT2D eigenvalue weighted by atomic mass is 14.8. The molecule has 52 valence electrons. The lowest BCUT2D eigenvalue weighted by atomic mass is 9.53. The van der Waals surface area contributed by atoms with Gasteiger partial charge >= 0.3 is 0 Å². The van der Waals surface area contributed by atoms with Crippen molar-refractivity contribution in [3.8, 4) is 0 Å². The van der Waals surface area contributed by atoms with Gasteiger partial charge in [-0.25, -0.2) is 0 Å². The van der Waals surface area contributed by atoms with E-state index in [0.29, 0.717) is 0 Å². The van der Waals surface area contributed by atoms with E-state index < -0.39 is 0 Å². The maximum Gasteiger partial charge on any atom is -0.00207 e. The van der Waals surface area contributed by atoms with E-state index in [1.165, 1.54) is 25.8 Å². The van der Waals surface area contributed by atoms with Crippen molar-refractivity contribution in [3.05, 3.63) is 0 Å². The highest BCUT2D eigenvalue weighted by molar-refractivity contribution is 4.96. The SMILES string of the molecule is CNCC1CC2CCC21. The molecule has 1 nitrogen and oxygen atoms in total. The molecular weight excluding hydrogens is 110 g/mol. The van der Waals surface area contributed by atoms with E-state index in [1.807, 2.05) is 0 Å². The Hall–Kier alpha value is -0.0400. The molecular formula is C8H15N. The quantitative estimate of drug-likeness (QED) is 0.585. The van der Waals surface area contributed by atoms with E-state index in [2.05, 4.69) is 12.4 Å². The topological polar surface area (TPSA) is 12.0 Å². The fourth-order valence-corrected chi connectivity index (χ4v) is 2.37. The van der Waals surface area contributed by atoms with Gasteiger partial charge in [0.15, 0.2) is 0 Å². The van der Waals surface area contributed by atoms with Crippen LogP contribution in [0.5, 0.6) is 0 Å². The zero-order valence-corrected chi connectivity index (χ0v) is 6.06. The number of rotatable bonds is 2. The molecule has 2 rings (SSSR count). The minimum Gasteiger partial charge on any atom is -0.319 e. The van der Waals surface area contributed by atoms with E-state index in [0.717, 1.165) is 17.8 Å². The summed E-state index contributed by atoms with van der Waals surface area (Å²) in [5.74, 6) is 3.34. The van der Waals surface area contributed by atoms with Gasteiger partial charge in [-0.1, -0.05) is 0 Å². The van der Waals surface area contributed by atoms with Gasteiger partial charge in [0, 0.05) is 0 Å². The van der Waals surface area contributed by atoms with Gasteiger partial charge in [-0.05, 0) is 50.6 Å². The molecule has 0 radical (unpaired) electrons. The lowest BCUT2D eigenvalue weighted by Crippen LogP contribution is -2.47. The lowest BCUT2D eigenvalue weighted by molar-refractivity contribution is -0.0229. The molecule has 0 saturated heterocycles. The van der Waals surface area contributed by atoms with Gasteiger partial charge < -0.3 is 5.32 Å². The van der Waals surface area contributed by atoms with Crippen LogP contribution in [0.3, 0.4) is 0 Å². The van der Waals surface area contributed by atoms with Crippen molar-refractivity contribution in [2.24, 2.45) is 17.8 Å². The van der Waals surface area contributed by atoms with Crippen molar-refractivity contribution >= 4 is 0 Å². The third-order valence-corrected chi connectivity index (χ3v) is 3.15. The Morgan fingerprint density at radius 2 is 2.33 bits per heavy atom. The Kier molecular flexibility index (Phi) is 1.26. The Morgan fingerprint density at radius 1 is 1.44 bits per heavy atom. The first kappa shape index (κ1) is 5.72. The second-order valence-electron chi connectivity index (χ2n) is 3.55. The molecule has 3 unspecified atom stereocenters. The van der Waals surface area contributed by atoms with Crippen LogP contribution in [0.15, 0.2) is 0 Å². The second kappa shape index (κ2) is 1.98. The Balaban J connectivity index is 1.77. The molecule has 0 spiro atoms. The summed E-state index contributed by atoms with van der Waals surface area (Å²) in [6.07, 6.45) is 4.58. The van der Waals surface area contributed by atoms with Gasteiger partial charge in [0.05, 0.1) is 0 Å². The summed E-state index contributed by atoms with van der Waals surface area (Å²) in [5.41, 5.74) is 0. The van der Waals surface area contributed by atoms with Crippen LogP contribution in [0.25, 0.3) is 0 Å². The van der Waals surface area contributed by atoms with Gasteiger partial charge in [-0.2, -0.15) is 0 Å². The average Bonchev–Trinajstić information content (AvgIpc) is 1.82. The monoisotopic (exact) mass is 125 g/mol. The highest BCUT2D eigenvalue weighted by Crippen LogP contribution is 2.53. The molecule has 2 aliphatic carbocycles. The highest BCUT2D eigenvalue weighted by Gasteiger charge is 2.45. The molecule has 0 amide bonds. The summed E-state index contributed by atoms with van der Waals surface area (Å²) in [7, 11) is 2.06. The van der Waals surface area contributed by atoms with Crippen LogP contribution in [0, 0.1) is 17.8 Å². The Bertz CT molecular complexity index is 109. The van der Waals surface area contributed by atoms with Crippen LogP contribution in [0.4, 0.5) is 0 Å². The third-order valence-electron chi connectivity index (χ3n) is 3.15. The molecule has 0 aromatic carbocycles. The second-order valence-corrected chi connectivity index (χ2v) is 3.55. The smallest absolute Gasteiger partial charge is 0.00207 e. The summed E-state index contributed by atoms with van der Waals surface area (Å²) >= 11 is 0. The summed E-state index contributed by atoms with van der Waals surface area (Å²) in [5, 5.41) is 3.25. The predicted octanol–water partition coefficient (Wildman–Crippen LogP) is 1.25. The van der Waals surface area contributed by atoms with Crippen molar-refractivity contribution in [3.63, 3.8) is 0 Å². The third kappa shape index (κ3) is 0.710. The molecule has 0 bridgehead atoms. The number of fused-ring (bicyclic) bond motifs is 1. The molecule has 3 atom stereocenters. The van der Waals surface area contributed by atoms with Crippen molar-refractivity contribution in [1.82, 2.24) is 5.32 Å². The molecule has 0 heterocycles. The van der Waals surface area contributed by atoms with Crippen molar-refractivity contribution in [1.29, 1.82) is 0 Å². The van der Waals surface area contributed by atoms with Crippen LogP contribution < -0.4 is 5.32 Å². The summed E-state index contributed by atoms with van der Waals surface area (Å²) in [6, 6.07) is 0. The van der Waals surface area contributed by atoms with E-state index in [9.17, 15) is 0 Å². The average molecular weight is 125 g/mol. The fourth-order valence-electron chi connectivity index (χ4n) is 2.37. The maximum absolute atomic E-state index is 3.25. The van der Waals surface area contributed by atoms with Gasteiger partial charge in [0.1, 0.15) is 0 Å². The van der Waals surface area contributed by atoms with Crippen molar-refractivity contribution in [2.75, 3.05) is 13.6 Å². The fraction of sp³-hybridized carbons (Fsp3) is 1.00. The molecule has 2 aliphatic rings. The van der Waals surface area contributed by atoms with Crippen molar-refractivity contribution < 1.29 is 0 Å². The van der Waals surface area contributed by atoms with Gasteiger partial charge in [-0.3, -0.25) is 0 Å². The van der Waals surface area contributed by atoms with E-state index in [4.69, 9.17) is 0 Å². The normalized spacial score (nSPS) is 47.0. The number of hydrogen-bond donors (Lipinski definition) is 1. The van der Waals surface area contributed by atoms with E-state index >= 15 is 0 Å². The molecule has 9 heavy (non-hydrogen) atoms. The van der Waals surface area contributed by atoms with Crippen LogP contribution in [0.2, 0.25) is 0 Å². The molecule has 0 aliphatic heterocycles. The first-order chi connectivity index (χ1) is 4.42. The van der Waals surface area contributed by atoms with E-state index in [-0.39, 0.29) is 0 Å². The zero-order chi connectivity index (χ0) is 6.27. The van der Waals surface area contributed by atoms with Crippen LogP contribution in [-0.2, 0) is 0 Å². The van der Waals surface area contributed by atoms with Crippen LogP contribution >= 0.6 is 0 Å². The lowest BCUT2D eigenvalue weighted by Gasteiger charge is -2.53. The molecule has 1 N–H and O–H groups in total. The summed E-state index contributed by atoms with van der Waals surface area (Å²) < 4.78 is 0. The van der Waals surface area contributed by atoms with Gasteiger partial charge in [0.2, 0.25) is 0 Å². The molecule has 0 aromatic heterocycles. The Morgan fingerprint density at radius 3 is 2.67 bits per heavy atom. The zero-order valence-electron chi connectivity index (χ0n) is 6.06.